The Morgan fingerprint density at radius 1 is 1.41 bits per heavy atom. The minimum atomic E-state index is 0.137. The fraction of sp³-hybridized carbons (Fsp3) is 0.538. The van der Waals surface area contributed by atoms with Crippen molar-refractivity contribution in [1.82, 2.24) is 15.2 Å². The van der Waals surface area contributed by atoms with E-state index in [0.717, 1.165) is 12.1 Å². The van der Waals surface area contributed by atoms with Gasteiger partial charge >= 0.3 is 0 Å². The number of nitrogens with zero attached hydrogens (tertiary/aromatic N) is 2. The van der Waals surface area contributed by atoms with Crippen molar-refractivity contribution in [3.05, 3.63) is 30.1 Å². The van der Waals surface area contributed by atoms with Crippen LogP contribution in [-0.2, 0) is 11.3 Å². The summed E-state index contributed by atoms with van der Waals surface area (Å²) in [6.07, 6.45) is 3.50. The fourth-order valence-electron chi connectivity index (χ4n) is 1.49. The van der Waals surface area contributed by atoms with E-state index in [1.54, 1.807) is 12.4 Å². The van der Waals surface area contributed by atoms with Gasteiger partial charge in [-0.2, -0.15) is 0 Å². The normalized spacial score (nSPS) is 10.6. The molecule has 4 heteroatoms. The molecular weight excluding hydrogens is 214 g/mol. The van der Waals surface area contributed by atoms with Gasteiger partial charge in [0, 0.05) is 31.5 Å². The highest BCUT2D eigenvalue weighted by Crippen LogP contribution is 2.03. The number of carbonyl (C=O) groups excluding carboxylic acids is 1. The molecule has 0 saturated carbocycles. The van der Waals surface area contributed by atoms with Gasteiger partial charge in [-0.05, 0) is 24.6 Å². The second kappa shape index (κ2) is 7.01. The lowest BCUT2D eigenvalue weighted by molar-refractivity contribution is -0.130. The summed E-state index contributed by atoms with van der Waals surface area (Å²) in [6.45, 7) is 7.84. The van der Waals surface area contributed by atoms with Crippen LogP contribution in [0.2, 0.25) is 0 Å². The quantitative estimate of drug-likeness (QED) is 0.811. The number of pyridine rings is 1. The maximum Gasteiger partial charge on any atom is 0.236 e. The van der Waals surface area contributed by atoms with Crippen LogP contribution in [0.15, 0.2) is 24.5 Å². The Morgan fingerprint density at radius 3 is 2.59 bits per heavy atom. The summed E-state index contributed by atoms with van der Waals surface area (Å²) >= 11 is 0. The van der Waals surface area contributed by atoms with Gasteiger partial charge in [0.25, 0.3) is 0 Å². The first-order valence-electron chi connectivity index (χ1n) is 6.03. The number of rotatable bonds is 6. The van der Waals surface area contributed by atoms with Crippen LogP contribution in [0.3, 0.4) is 0 Å². The Bertz CT molecular complexity index is 338. The van der Waals surface area contributed by atoms with E-state index in [2.05, 4.69) is 10.3 Å². The van der Waals surface area contributed by atoms with Gasteiger partial charge in [-0.25, -0.2) is 0 Å². The van der Waals surface area contributed by atoms with E-state index in [1.807, 2.05) is 37.8 Å². The van der Waals surface area contributed by atoms with Crippen LogP contribution >= 0.6 is 0 Å². The highest BCUT2D eigenvalue weighted by Gasteiger charge is 2.11. The van der Waals surface area contributed by atoms with Gasteiger partial charge in [-0.1, -0.05) is 13.8 Å². The van der Waals surface area contributed by atoms with E-state index in [1.165, 1.54) is 0 Å². The number of aromatic nitrogens is 1. The van der Waals surface area contributed by atoms with Crippen molar-refractivity contribution in [3.63, 3.8) is 0 Å². The van der Waals surface area contributed by atoms with E-state index < -0.39 is 0 Å². The van der Waals surface area contributed by atoms with E-state index >= 15 is 0 Å². The molecule has 0 bridgehead atoms. The monoisotopic (exact) mass is 235 g/mol. The number of hydrogen-bond acceptors (Lipinski definition) is 3. The van der Waals surface area contributed by atoms with Crippen molar-refractivity contribution in [3.8, 4) is 0 Å². The number of amides is 1. The van der Waals surface area contributed by atoms with Gasteiger partial charge in [0.1, 0.15) is 0 Å². The molecule has 0 aliphatic heterocycles. The first-order chi connectivity index (χ1) is 8.13. The molecule has 1 amide bonds. The number of hydrogen-bond donors (Lipinski definition) is 1. The highest BCUT2D eigenvalue weighted by atomic mass is 16.2. The first kappa shape index (κ1) is 13.6. The molecule has 1 aromatic rings. The molecule has 94 valence electrons. The molecule has 0 saturated heterocycles. The summed E-state index contributed by atoms with van der Waals surface area (Å²) in [4.78, 5) is 17.7. The van der Waals surface area contributed by atoms with E-state index in [-0.39, 0.29) is 5.91 Å². The van der Waals surface area contributed by atoms with Crippen molar-refractivity contribution in [1.29, 1.82) is 0 Å². The van der Waals surface area contributed by atoms with Gasteiger partial charge in [0.15, 0.2) is 0 Å². The minimum Gasteiger partial charge on any atom is -0.338 e. The smallest absolute Gasteiger partial charge is 0.236 e. The van der Waals surface area contributed by atoms with Crippen LogP contribution in [0.4, 0.5) is 0 Å². The minimum absolute atomic E-state index is 0.137. The Morgan fingerprint density at radius 2 is 2.06 bits per heavy atom. The standard InChI is InChI=1S/C13H21N3O/c1-4-16(13(17)9-15-11(2)3)10-12-5-7-14-8-6-12/h5-8,11,15H,4,9-10H2,1-3H3. The van der Waals surface area contributed by atoms with Crippen molar-refractivity contribution >= 4 is 5.91 Å². The lowest BCUT2D eigenvalue weighted by Gasteiger charge is -2.21. The van der Waals surface area contributed by atoms with Gasteiger partial charge in [0.2, 0.25) is 5.91 Å². The molecule has 17 heavy (non-hydrogen) atoms. The molecule has 4 nitrogen and oxygen atoms in total. The van der Waals surface area contributed by atoms with Crippen molar-refractivity contribution < 1.29 is 4.79 Å². The number of likely N-dealkylation sites (N-methyl/N-ethyl adjacent to an activating group) is 1. The summed E-state index contributed by atoms with van der Waals surface area (Å²) in [7, 11) is 0. The summed E-state index contributed by atoms with van der Waals surface area (Å²) in [5.74, 6) is 0.137. The van der Waals surface area contributed by atoms with Crippen LogP contribution in [0, 0.1) is 0 Å². The maximum atomic E-state index is 11.9. The zero-order valence-electron chi connectivity index (χ0n) is 10.8. The van der Waals surface area contributed by atoms with E-state index in [4.69, 9.17) is 0 Å². The summed E-state index contributed by atoms with van der Waals surface area (Å²) < 4.78 is 0. The summed E-state index contributed by atoms with van der Waals surface area (Å²) in [5, 5.41) is 3.14. The molecule has 0 atom stereocenters. The third-order valence-corrected chi connectivity index (χ3v) is 2.52. The third kappa shape index (κ3) is 4.95. The average Bonchev–Trinajstić information content (AvgIpc) is 2.34. The van der Waals surface area contributed by atoms with Crippen LogP contribution < -0.4 is 5.32 Å². The summed E-state index contributed by atoms with van der Waals surface area (Å²) in [5.41, 5.74) is 1.11. The molecule has 0 aliphatic carbocycles. The van der Waals surface area contributed by atoms with Gasteiger partial charge in [-0.3, -0.25) is 9.78 Å². The Kier molecular flexibility index (Phi) is 5.63. The number of carbonyl (C=O) groups is 1. The van der Waals surface area contributed by atoms with Gasteiger partial charge in [-0.15, -0.1) is 0 Å². The van der Waals surface area contributed by atoms with E-state index in [0.29, 0.717) is 19.1 Å². The first-order valence-corrected chi connectivity index (χ1v) is 6.03. The second-order valence-corrected chi connectivity index (χ2v) is 4.30. The lowest BCUT2D eigenvalue weighted by atomic mass is 10.2. The second-order valence-electron chi connectivity index (χ2n) is 4.30. The summed E-state index contributed by atoms with van der Waals surface area (Å²) in [6, 6.07) is 4.20. The van der Waals surface area contributed by atoms with Crippen LogP contribution in [0.5, 0.6) is 0 Å². The zero-order valence-corrected chi connectivity index (χ0v) is 10.8. The molecule has 0 aliphatic rings. The number of nitrogens with one attached hydrogen (secondary N) is 1. The van der Waals surface area contributed by atoms with Gasteiger partial charge < -0.3 is 10.2 Å². The largest absolute Gasteiger partial charge is 0.338 e. The molecule has 1 heterocycles. The average molecular weight is 235 g/mol. The molecular formula is C13H21N3O. The van der Waals surface area contributed by atoms with Crippen molar-refractivity contribution in [2.24, 2.45) is 0 Å². The molecule has 1 rings (SSSR count). The van der Waals surface area contributed by atoms with E-state index in [9.17, 15) is 4.79 Å². The zero-order chi connectivity index (χ0) is 12.7. The van der Waals surface area contributed by atoms with Crippen molar-refractivity contribution in [2.75, 3.05) is 13.1 Å². The molecule has 1 N–H and O–H groups in total. The van der Waals surface area contributed by atoms with Crippen molar-refractivity contribution in [2.45, 2.75) is 33.4 Å². The predicted molar refractivity (Wildman–Crippen MR) is 68.5 cm³/mol. The van der Waals surface area contributed by atoms with Gasteiger partial charge in [0.05, 0.1) is 6.54 Å². The fourth-order valence-corrected chi connectivity index (χ4v) is 1.49. The van der Waals surface area contributed by atoms with Crippen LogP contribution in [-0.4, -0.2) is 34.9 Å². The lowest BCUT2D eigenvalue weighted by Crippen LogP contribution is -2.39. The molecule has 0 aromatic carbocycles. The SMILES string of the molecule is CCN(Cc1ccncc1)C(=O)CNC(C)C. The Labute approximate surface area is 103 Å². The Balaban J connectivity index is 2.51. The van der Waals surface area contributed by atoms with Crippen LogP contribution in [0.25, 0.3) is 0 Å². The third-order valence-electron chi connectivity index (χ3n) is 2.52. The maximum absolute atomic E-state index is 11.9. The Hall–Kier alpha value is -1.42. The predicted octanol–water partition coefficient (Wildman–Crippen LogP) is 1.43. The molecule has 1 aromatic heterocycles. The van der Waals surface area contributed by atoms with Crippen LogP contribution in [0.1, 0.15) is 26.3 Å². The molecule has 0 unspecified atom stereocenters. The molecule has 0 fully saturated rings. The highest BCUT2D eigenvalue weighted by molar-refractivity contribution is 5.78. The molecule has 0 spiro atoms. The molecule has 0 radical (unpaired) electrons. The topological polar surface area (TPSA) is 45.2 Å².